The van der Waals surface area contributed by atoms with Crippen LogP contribution in [0.4, 0.5) is 18.9 Å². The first kappa shape index (κ1) is 16.8. The molecule has 1 N–H and O–H groups in total. The molecule has 0 unspecified atom stereocenters. The van der Waals surface area contributed by atoms with Crippen molar-refractivity contribution in [3.63, 3.8) is 0 Å². The minimum Gasteiger partial charge on any atom is -0.481 e. The Morgan fingerprint density at radius 1 is 1.20 bits per heavy atom. The highest BCUT2D eigenvalue weighted by Crippen LogP contribution is 2.31. The molecule has 0 saturated heterocycles. The Balaban J connectivity index is 1.88. The van der Waals surface area contributed by atoms with Crippen molar-refractivity contribution in [3.05, 3.63) is 53.6 Å². The number of carbonyl (C=O) groups is 1. The molecule has 0 saturated carbocycles. The largest absolute Gasteiger partial charge is 0.481 e. The van der Waals surface area contributed by atoms with Crippen molar-refractivity contribution in [2.45, 2.75) is 6.18 Å². The van der Waals surface area contributed by atoms with Gasteiger partial charge in [0.15, 0.2) is 0 Å². The van der Waals surface area contributed by atoms with Gasteiger partial charge in [0.1, 0.15) is 0 Å². The third-order valence-electron chi connectivity index (χ3n) is 3.68. The van der Waals surface area contributed by atoms with Crippen LogP contribution in [0.3, 0.4) is 0 Å². The average molecular weight is 349 g/mol. The second-order valence-corrected chi connectivity index (χ2v) is 5.40. The molecular weight excluding hydrogens is 335 g/mol. The summed E-state index contributed by atoms with van der Waals surface area (Å²) < 4.78 is 45.0. The van der Waals surface area contributed by atoms with Crippen molar-refractivity contribution < 1.29 is 22.7 Å². The molecule has 25 heavy (non-hydrogen) atoms. The summed E-state index contributed by atoms with van der Waals surface area (Å²) in [6, 6.07) is 9.28. The monoisotopic (exact) mass is 349 g/mol. The summed E-state index contributed by atoms with van der Waals surface area (Å²) >= 11 is 0. The summed E-state index contributed by atoms with van der Waals surface area (Å²) in [5.74, 6) is 0.0330. The summed E-state index contributed by atoms with van der Waals surface area (Å²) in [5.41, 5.74) is 0.0791. The van der Waals surface area contributed by atoms with Crippen LogP contribution in [0.5, 0.6) is 5.88 Å². The SMILES string of the molecule is COc1c2ccc(C(=O)Nc3cccc(C(F)(F)F)c3)cc2nn1C. The number of halogens is 3. The summed E-state index contributed by atoms with van der Waals surface area (Å²) in [7, 11) is 3.23. The molecule has 2 aromatic carbocycles. The fraction of sp³-hybridized carbons (Fsp3) is 0.176. The van der Waals surface area contributed by atoms with E-state index in [0.29, 0.717) is 11.4 Å². The first-order valence-electron chi connectivity index (χ1n) is 7.29. The molecule has 0 aliphatic carbocycles. The maximum absolute atomic E-state index is 12.7. The van der Waals surface area contributed by atoms with Gasteiger partial charge in [-0.05, 0) is 36.4 Å². The number of nitrogens with one attached hydrogen (secondary N) is 1. The maximum Gasteiger partial charge on any atom is 0.416 e. The van der Waals surface area contributed by atoms with E-state index in [2.05, 4.69) is 10.4 Å². The van der Waals surface area contributed by atoms with Crippen LogP contribution >= 0.6 is 0 Å². The normalized spacial score (nSPS) is 11.6. The van der Waals surface area contributed by atoms with Gasteiger partial charge in [-0.25, -0.2) is 4.68 Å². The molecule has 1 aromatic heterocycles. The van der Waals surface area contributed by atoms with Crippen molar-refractivity contribution in [2.24, 2.45) is 7.05 Å². The molecule has 1 heterocycles. The van der Waals surface area contributed by atoms with Crippen molar-refractivity contribution in [3.8, 4) is 5.88 Å². The standard InChI is InChI=1S/C17H14F3N3O2/c1-23-16(25-2)13-7-6-10(8-14(13)22-23)15(24)21-12-5-3-4-11(9-12)17(18,19)20/h3-9H,1-2H3,(H,21,24). The number of rotatable bonds is 3. The van der Waals surface area contributed by atoms with Gasteiger partial charge in [0, 0.05) is 18.3 Å². The van der Waals surface area contributed by atoms with Gasteiger partial charge in [0.25, 0.3) is 5.91 Å². The number of anilines is 1. The van der Waals surface area contributed by atoms with Crippen LogP contribution in [-0.4, -0.2) is 22.8 Å². The van der Waals surface area contributed by atoms with Gasteiger partial charge in [0.05, 0.1) is 23.6 Å². The Hall–Kier alpha value is -3.03. The molecule has 5 nitrogen and oxygen atoms in total. The lowest BCUT2D eigenvalue weighted by atomic mass is 10.1. The third kappa shape index (κ3) is 3.28. The first-order chi connectivity index (χ1) is 11.8. The number of fused-ring (bicyclic) bond motifs is 1. The van der Waals surface area contributed by atoms with Crippen LogP contribution in [0.25, 0.3) is 10.9 Å². The summed E-state index contributed by atoms with van der Waals surface area (Å²) in [4.78, 5) is 12.3. The Bertz CT molecular complexity index is 948. The second-order valence-electron chi connectivity index (χ2n) is 5.40. The highest BCUT2D eigenvalue weighted by Gasteiger charge is 2.30. The summed E-state index contributed by atoms with van der Waals surface area (Å²) in [5, 5.41) is 7.45. The molecule has 3 aromatic rings. The molecule has 0 atom stereocenters. The fourth-order valence-corrected chi connectivity index (χ4v) is 2.54. The zero-order valence-corrected chi connectivity index (χ0v) is 13.4. The van der Waals surface area contributed by atoms with Crippen LogP contribution in [0.1, 0.15) is 15.9 Å². The topological polar surface area (TPSA) is 56.1 Å². The van der Waals surface area contributed by atoms with E-state index in [1.54, 1.807) is 29.9 Å². The van der Waals surface area contributed by atoms with E-state index in [9.17, 15) is 18.0 Å². The quantitative estimate of drug-likeness (QED) is 0.781. The molecule has 0 bridgehead atoms. The Kier molecular flexibility index (Phi) is 4.12. The number of hydrogen-bond acceptors (Lipinski definition) is 3. The molecule has 3 rings (SSSR count). The number of methoxy groups -OCH3 is 1. The Morgan fingerprint density at radius 3 is 2.64 bits per heavy atom. The molecule has 0 fully saturated rings. The lowest BCUT2D eigenvalue weighted by Gasteiger charge is -2.10. The molecule has 130 valence electrons. The van der Waals surface area contributed by atoms with Gasteiger partial charge >= 0.3 is 6.18 Å². The summed E-state index contributed by atoms with van der Waals surface area (Å²) in [6.45, 7) is 0. The van der Waals surface area contributed by atoms with Gasteiger partial charge in [-0.1, -0.05) is 6.07 Å². The summed E-state index contributed by atoms with van der Waals surface area (Å²) in [6.07, 6.45) is -4.47. The van der Waals surface area contributed by atoms with Crippen LogP contribution in [-0.2, 0) is 13.2 Å². The highest BCUT2D eigenvalue weighted by atomic mass is 19.4. The number of alkyl halides is 3. The molecule has 0 radical (unpaired) electrons. The van der Waals surface area contributed by atoms with E-state index in [1.807, 2.05) is 0 Å². The molecule has 8 heteroatoms. The Morgan fingerprint density at radius 2 is 1.96 bits per heavy atom. The zero-order chi connectivity index (χ0) is 18.2. The number of aromatic nitrogens is 2. The smallest absolute Gasteiger partial charge is 0.416 e. The van der Waals surface area contributed by atoms with Crippen molar-refractivity contribution in [1.29, 1.82) is 0 Å². The molecular formula is C17H14F3N3O2. The number of carbonyl (C=O) groups excluding carboxylic acids is 1. The van der Waals surface area contributed by atoms with Gasteiger partial charge in [-0.3, -0.25) is 4.79 Å². The van der Waals surface area contributed by atoms with E-state index in [1.165, 1.54) is 19.2 Å². The van der Waals surface area contributed by atoms with E-state index < -0.39 is 17.6 Å². The van der Waals surface area contributed by atoms with Crippen molar-refractivity contribution >= 4 is 22.5 Å². The van der Waals surface area contributed by atoms with Gasteiger partial charge in [-0.15, -0.1) is 0 Å². The predicted molar refractivity (Wildman–Crippen MR) is 86.7 cm³/mol. The van der Waals surface area contributed by atoms with E-state index >= 15 is 0 Å². The third-order valence-corrected chi connectivity index (χ3v) is 3.68. The fourth-order valence-electron chi connectivity index (χ4n) is 2.54. The number of aryl methyl sites for hydroxylation is 1. The zero-order valence-electron chi connectivity index (χ0n) is 13.4. The number of nitrogens with zero attached hydrogens (tertiary/aromatic N) is 2. The predicted octanol–water partition coefficient (Wildman–Crippen LogP) is 3.85. The van der Waals surface area contributed by atoms with Crippen molar-refractivity contribution in [2.75, 3.05) is 12.4 Å². The lowest BCUT2D eigenvalue weighted by molar-refractivity contribution is -0.137. The molecule has 0 aliphatic rings. The lowest BCUT2D eigenvalue weighted by Crippen LogP contribution is -2.13. The maximum atomic E-state index is 12.7. The van der Waals surface area contributed by atoms with E-state index in [4.69, 9.17) is 4.74 Å². The van der Waals surface area contributed by atoms with Crippen LogP contribution in [0, 0.1) is 0 Å². The minimum absolute atomic E-state index is 0.0681. The second kappa shape index (κ2) is 6.12. The van der Waals surface area contributed by atoms with Crippen LogP contribution < -0.4 is 10.1 Å². The number of hydrogen-bond donors (Lipinski definition) is 1. The Labute approximate surface area is 141 Å². The minimum atomic E-state index is -4.47. The van der Waals surface area contributed by atoms with E-state index in [-0.39, 0.29) is 11.3 Å². The molecule has 0 spiro atoms. The van der Waals surface area contributed by atoms with Crippen molar-refractivity contribution in [1.82, 2.24) is 9.78 Å². The molecule has 1 amide bonds. The van der Waals surface area contributed by atoms with Crippen LogP contribution in [0.2, 0.25) is 0 Å². The average Bonchev–Trinajstić information content (AvgIpc) is 2.88. The first-order valence-corrected chi connectivity index (χ1v) is 7.29. The molecule has 0 aliphatic heterocycles. The number of amides is 1. The number of benzene rings is 2. The number of ether oxygens (including phenoxy) is 1. The van der Waals surface area contributed by atoms with Gasteiger partial charge < -0.3 is 10.1 Å². The van der Waals surface area contributed by atoms with E-state index in [0.717, 1.165) is 17.5 Å². The van der Waals surface area contributed by atoms with Crippen LogP contribution in [0.15, 0.2) is 42.5 Å². The van der Waals surface area contributed by atoms with Gasteiger partial charge in [-0.2, -0.15) is 18.3 Å². The highest BCUT2D eigenvalue weighted by molar-refractivity contribution is 6.06. The van der Waals surface area contributed by atoms with Gasteiger partial charge in [0.2, 0.25) is 5.88 Å².